The van der Waals surface area contributed by atoms with Gasteiger partial charge in [0.15, 0.2) is 0 Å². The molecule has 1 amide bonds. The molecule has 2 aromatic carbocycles. The Hall–Kier alpha value is -4.90. The fourth-order valence-corrected chi connectivity index (χ4v) is 7.75. The summed E-state index contributed by atoms with van der Waals surface area (Å²) in [7, 11) is 1.90. The molecule has 0 radical (unpaired) electrons. The van der Waals surface area contributed by atoms with E-state index in [1.54, 1.807) is 0 Å². The van der Waals surface area contributed by atoms with Crippen molar-refractivity contribution in [2.45, 2.75) is 44.8 Å². The Morgan fingerprint density at radius 1 is 1.09 bits per heavy atom. The van der Waals surface area contributed by atoms with Crippen LogP contribution in [0.15, 0.2) is 66.7 Å². The number of hydrogen-bond acceptors (Lipinski definition) is 6. The molecule has 6 heterocycles. The van der Waals surface area contributed by atoms with E-state index in [0.29, 0.717) is 43.1 Å². The highest BCUT2D eigenvalue weighted by molar-refractivity contribution is 7.18. The molecule has 2 aliphatic rings. The molecule has 4 aromatic heterocycles. The number of fused-ring (bicyclic) bond motifs is 9. The van der Waals surface area contributed by atoms with Crippen LogP contribution >= 0.6 is 11.3 Å². The van der Waals surface area contributed by atoms with Gasteiger partial charge in [0, 0.05) is 45.8 Å². The van der Waals surface area contributed by atoms with Gasteiger partial charge in [0.25, 0.3) is 0 Å². The van der Waals surface area contributed by atoms with Crippen molar-refractivity contribution < 1.29 is 18.3 Å². The SMILES string of the molecule is C=CC(=O)N1Cc2cc3nn2C[C@H]1CCCCCOc1cc(F)cc(F)c1-c1c-3nc(-c2ccc3c(cnn3C)c2)c2ccsc12. The topological polar surface area (TPSA) is 78.1 Å². The molecule has 8 rings (SSSR count). The maximum absolute atomic E-state index is 16.1. The molecule has 1 atom stereocenters. The van der Waals surface area contributed by atoms with Crippen molar-refractivity contribution in [3.8, 4) is 39.5 Å². The fraction of sp³-hybridized carbons (Fsp3) is 0.257. The summed E-state index contributed by atoms with van der Waals surface area (Å²) >= 11 is 1.47. The number of rotatable bonds is 2. The van der Waals surface area contributed by atoms with E-state index in [-0.39, 0.29) is 23.3 Å². The second kappa shape index (κ2) is 11.2. The summed E-state index contributed by atoms with van der Waals surface area (Å²) in [5, 5.41) is 13.2. The summed E-state index contributed by atoms with van der Waals surface area (Å²) in [5.41, 5.74) is 5.10. The van der Waals surface area contributed by atoms with E-state index in [9.17, 15) is 9.18 Å². The number of aromatic nitrogens is 5. The second-order valence-corrected chi connectivity index (χ2v) is 12.8. The largest absolute Gasteiger partial charge is 0.493 e. The maximum Gasteiger partial charge on any atom is 0.246 e. The predicted octanol–water partition coefficient (Wildman–Crippen LogP) is 7.51. The van der Waals surface area contributed by atoms with Gasteiger partial charge in [-0.05, 0) is 55.0 Å². The lowest BCUT2D eigenvalue weighted by Crippen LogP contribution is -2.45. The molecule has 0 saturated carbocycles. The van der Waals surface area contributed by atoms with Crippen LogP contribution in [-0.2, 0) is 24.9 Å². The lowest BCUT2D eigenvalue weighted by Gasteiger charge is -2.35. The number of pyridine rings is 1. The molecule has 0 fully saturated rings. The van der Waals surface area contributed by atoms with Gasteiger partial charge in [0.05, 0.1) is 54.4 Å². The highest BCUT2D eigenvalue weighted by Crippen LogP contribution is 2.47. The molecule has 0 unspecified atom stereocenters. The van der Waals surface area contributed by atoms with Gasteiger partial charge in [-0.2, -0.15) is 10.2 Å². The molecule has 0 N–H and O–H groups in total. The molecule has 11 heteroatoms. The van der Waals surface area contributed by atoms with Crippen molar-refractivity contribution >= 4 is 38.2 Å². The average Bonchev–Trinajstić information content (AvgIpc) is 3.79. The number of carbonyl (C=O) groups excluding carboxylic acids is 1. The van der Waals surface area contributed by atoms with Crippen LogP contribution in [0.25, 0.3) is 54.8 Å². The van der Waals surface area contributed by atoms with Crippen molar-refractivity contribution in [2.75, 3.05) is 6.61 Å². The van der Waals surface area contributed by atoms with Gasteiger partial charge in [-0.3, -0.25) is 14.2 Å². The maximum atomic E-state index is 16.1. The van der Waals surface area contributed by atoms with Gasteiger partial charge >= 0.3 is 0 Å². The number of carbonyl (C=O) groups is 1. The van der Waals surface area contributed by atoms with Crippen molar-refractivity contribution in [3.63, 3.8) is 0 Å². The average molecular weight is 637 g/mol. The third-order valence-corrected chi connectivity index (χ3v) is 9.99. The number of nitrogens with zero attached hydrogens (tertiary/aromatic N) is 6. The van der Waals surface area contributed by atoms with Gasteiger partial charge in [-0.25, -0.2) is 13.8 Å². The smallest absolute Gasteiger partial charge is 0.246 e. The Kier molecular flexibility index (Phi) is 6.93. The van der Waals surface area contributed by atoms with Crippen molar-refractivity contribution in [1.82, 2.24) is 29.4 Å². The first-order valence-electron chi connectivity index (χ1n) is 15.4. The van der Waals surface area contributed by atoms with E-state index < -0.39 is 11.6 Å². The number of hydrogen-bond donors (Lipinski definition) is 0. The lowest BCUT2D eigenvalue weighted by molar-refractivity contribution is -0.130. The molecule has 232 valence electrons. The van der Waals surface area contributed by atoms with Crippen LogP contribution < -0.4 is 4.74 Å². The van der Waals surface area contributed by atoms with Crippen LogP contribution in [0.2, 0.25) is 0 Å². The Labute approximate surface area is 267 Å². The summed E-state index contributed by atoms with van der Waals surface area (Å²) in [5.74, 6) is -1.41. The van der Waals surface area contributed by atoms with E-state index in [0.717, 1.165) is 63.3 Å². The van der Waals surface area contributed by atoms with E-state index in [1.165, 1.54) is 23.5 Å². The van der Waals surface area contributed by atoms with Gasteiger partial charge in [-0.15, -0.1) is 11.3 Å². The number of aryl methyl sites for hydroxylation is 1. The highest BCUT2D eigenvalue weighted by Gasteiger charge is 2.32. The van der Waals surface area contributed by atoms with Gasteiger partial charge in [-0.1, -0.05) is 19.1 Å². The summed E-state index contributed by atoms with van der Waals surface area (Å²) in [4.78, 5) is 20.1. The summed E-state index contributed by atoms with van der Waals surface area (Å²) in [6.07, 6.45) is 6.38. The normalized spacial score (nSPS) is 16.5. The molecular formula is C35H30F2N6O2S. The first-order valence-corrected chi connectivity index (χ1v) is 16.2. The number of benzene rings is 2. The standard InChI is InChI=1S/C35H30F2N6O2S/c1-3-30(44)42-18-24-16-27-34-32(35-25(10-12-46-35)33(39-34)20-8-9-28-21(13-20)17-38-41(28)2)31-26(37)14-22(36)15-29(31)45-11-6-4-5-7-23(42)19-43(24)40-27/h3,8-10,12-17,23H,1,4-7,11,18-19H2,2H3/t23-/m1/s1. The minimum absolute atomic E-state index is 0.0468. The van der Waals surface area contributed by atoms with Crippen LogP contribution in [0.3, 0.4) is 0 Å². The fourth-order valence-electron chi connectivity index (χ4n) is 6.80. The molecule has 6 aromatic rings. The lowest BCUT2D eigenvalue weighted by atomic mass is 9.96. The zero-order valence-electron chi connectivity index (χ0n) is 25.2. The predicted molar refractivity (Wildman–Crippen MR) is 174 cm³/mol. The summed E-state index contributed by atoms with van der Waals surface area (Å²) in [6.45, 7) is 4.94. The Morgan fingerprint density at radius 2 is 1.98 bits per heavy atom. The Balaban J connectivity index is 1.41. The minimum atomic E-state index is -0.728. The molecule has 8 nitrogen and oxygen atoms in total. The Morgan fingerprint density at radius 3 is 2.85 bits per heavy atom. The number of thiophene rings is 1. The third-order valence-electron chi connectivity index (χ3n) is 9.06. The van der Waals surface area contributed by atoms with E-state index in [4.69, 9.17) is 14.8 Å². The molecule has 0 aliphatic carbocycles. The quantitative estimate of drug-likeness (QED) is 0.184. The first kappa shape index (κ1) is 28.6. The molecule has 3 bridgehead atoms. The van der Waals surface area contributed by atoms with Crippen LogP contribution in [0.5, 0.6) is 5.75 Å². The monoisotopic (exact) mass is 636 g/mol. The number of ether oxygens (including phenoxy) is 1. The van der Waals surface area contributed by atoms with Crippen LogP contribution in [0, 0.1) is 11.6 Å². The zero-order chi connectivity index (χ0) is 31.5. The minimum Gasteiger partial charge on any atom is -0.493 e. The molecule has 2 aliphatic heterocycles. The van der Waals surface area contributed by atoms with E-state index in [2.05, 4.69) is 17.7 Å². The summed E-state index contributed by atoms with van der Waals surface area (Å²) < 4.78 is 41.5. The van der Waals surface area contributed by atoms with Crippen LogP contribution in [-0.4, -0.2) is 48.0 Å². The Bertz CT molecular complexity index is 2180. The third kappa shape index (κ3) is 4.68. The van der Waals surface area contributed by atoms with Crippen molar-refractivity contribution in [2.24, 2.45) is 7.05 Å². The molecule has 0 spiro atoms. The van der Waals surface area contributed by atoms with Gasteiger partial charge in [0.1, 0.15) is 28.8 Å². The van der Waals surface area contributed by atoms with E-state index >= 15 is 4.39 Å². The first-order chi connectivity index (χ1) is 22.4. The van der Waals surface area contributed by atoms with Crippen LogP contribution in [0.4, 0.5) is 8.78 Å². The van der Waals surface area contributed by atoms with Crippen molar-refractivity contribution in [1.29, 1.82) is 0 Å². The van der Waals surface area contributed by atoms with Crippen molar-refractivity contribution in [3.05, 3.63) is 84.0 Å². The highest BCUT2D eigenvalue weighted by atomic mass is 32.1. The van der Waals surface area contributed by atoms with Crippen LogP contribution in [0.1, 0.15) is 31.4 Å². The molecule has 0 saturated heterocycles. The molecular weight excluding hydrogens is 606 g/mol. The number of halogens is 2. The second-order valence-electron chi connectivity index (χ2n) is 11.9. The molecule has 46 heavy (non-hydrogen) atoms. The number of amides is 1. The van der Waals surface area contributed by atoms with Gasteiger partial charge < -0.3 is 9.64 Å². The van der Waals surface area contributed by atoms with Gasteiger partial charge in [0.2, 0.25) is 5.91 Å². The zero-order valence-corrected chi connectivity index (χ0v) is 26.0. The van der Waals surface area contributed by atoms with E-state index in [1.807, 2.05) is 57.2 Å². The summed E-state index contributed by atoms with van der Waals surface area (Å²) in [6, 6.07) is 12.1.